The lowest BCUT2D eigenvalue weighted by atomic mass is 10.2. The minimum Gasteiger partial charge on any atom is -0.272 e. The molecule has 156 valence electrons. The van der Waals surface area contributed by atoms with Gasteiger partial charge in [-0.15, -0.1) is 21.5 Å². The first-order valence-electron chi connectivity index (χ1n) is 9.37. The number of hydrogen-bond acceptors (Lipinski definition) is 6. The van der Waals surface area contributed by atoms with Crippen molar-refractivity contribution in [3.8, 4) is 17.1 Å². The average molecular weight is 512 g/mol. The van der Waals surface area contributed by atoms with E-state index in [9.17, 15) is 4.79 Å². The summed E-state index contributed by atoms with van der Waals surface area (Å²) in [6.45, 7) is 2.01. The summed E-state index contributed by atoms with van der Waals surface area (Å²) in [5, 5.41) is 15.4. The van der Waals surface area contributed by atoms with Crippen molar-refractivity contribution in [3.63, 3.8) is 0 Å². The van der Waals surface area contributed by atoms with Gasteiger partial charge in [0.2, 0.25) is 0 Å². The van der Waals surface area contributed by atoms with Gasteiger partial charge in [-0.05, 0) is 48.2 Å². The molecular weight excluding hydrogens is 494 g/mol. The molecule has 0 bridgehead atoms. The topological polar surface area (TPSA) is 72.2 Å². The maximum atomic E-state index is 12.3. The van der Waals surface area contributed by atoms with E-state index in [2.05, 4.69) is 36.7 Å². The molecule has 2 aromatic carbocycles. The first-order chi connectivity index (χ1) is 15.1. The summed E-state index contributed by atoms with van der Waals surface area (Å²) in [7, 11) is 0. The Morgan fingerprint density at radius 3 is 2.65 bits per heavy atom. The Kier molecular flexibility index (Phi) is 6.96. The van der Waals surface area contributed by atoms with Gasteiger partial charge in [-0.25, -0.2) is 5.43 Å². The molecule has 0 radical (unpaired) electrons. The van der Waals surface area contributed by atoms with Gasteiger partial charge in [-0.1, -0.05) is 58.0 Å². The van der Waals surface area contributed by atoms with Crippen LogP contribution in [0.5, 0.6) is 0 Å². The number of aromatic nitrogens is 3. The number of aryl methyl sites for hydroxylation is 1. The Labute approximate surface area is 196 Å². The minimum absolute atomic E-state index is 0.173. The molecule has 6 nitrogen and oxygen atoms in total. The lowest BCUT2D eigenvalue weighted by Crippen LogP contribution is -2.20. The number of halogens is 1. The monoisotopic (exact) mass is 511 g/mol. The molecule has 0 atom stereocenters. The van der Waals surface area contributed by atoms with E-state index in [-0.39, 0.29) is 11.7 Å². The molecule has 1 N–H and O–H groups in total. The molecule has 9 heteroatoms. The van der Waals surface area contributed by atoms with Crippen LogP contribution < -0.4 is 5.43 Å². The van der Waals surface area contributed by atoms with E-state index in [0.29, 0.717) is 11.0 Å². The van der Waals surface area contributed by atoms with Crippen LogP contribution in [0, 0.1) is 6.92 Å². The summed E-state index contributed by atoms with van der Waals surface area (Å²) in [5.74, 6) is 0.683. The number of thioether (sulfide) groups is 1. The predicted octanol–water partition coefficient (Wildman–Crippen LogP) is 5.31. The van der Waals surface area contributed by atoms with Gasteiger partial charge in [-0.3, -0.25) is 9.36 Å². The second-order valence-electron chi connectivity index (χ2n) is 6.53. The zero-order valence-electron chi connectivity index (χ0n) is 16.5. The molecule has 0 aliphatic carbocycles. The van der Waals surface area contributed by atoms with Crippen LogP contribution in [0.1, 0.15) is 10.4 Å². The molecule has 0 unspecified atom stereocenters. The van der Waals surface area contributed by atoms with E-state index in [1.807, 2.05) is 77.5 Å². The molecule has 0 fully saturated rings. The van der Waals surface area contributed by atoms with Crippen molar-refractivity contribution in [3.05, 3.63) is 81.0 Å². The van der Waals surface area contributed by atoms with E-state index >= 15 is 0 Å². The zero-order valence-corrected chi connectivity index (χ0v) is 19.7. The van der Waals surface area contributed by atoms with Gasteiger partial charge in [0.05, 0.1) is 12.0 Å². The smallest absolute Gasteiger partial charge is 0.250 e. The Bertz CT molecular complexity index is 1200. The Balaban J connectivity index is 1.51. The molecule has 0 saturated carbocycles. The molecule has 0 aliphatic heterocycles. The summed E-state index contributed by atoms with van der Waals surface area (Å²) in [5.41, 5.74) is 5.58. The highest BCUT2D eigenvalue weighted by atomic mass is 79.9. The quantitative estimate of drug-likeness (QED) is 0.207. The molecular formula is C22H18BrN5OS2. The van der Waals surface area contributed by atoms with Crippen molar-refractivity contribution in [1.29, 1.82) is 0 Å². The highest BCUT2D eigenvalue weighted by Gasteiger charge is 2.17. The van der Waals surface area contributed by atoms with Crippen LogP contribution in [-0.2, 0) is 4.79 Å². The molecule has 0 saturated heterocycles. The van der Waals surface area contributed by atoms with Crippen molar-refractivity contribution in [2.75, 3.05) is 5.75 Å². The molecule has 1 amide bonds. The van der Waals surface area contributed by atoms with Gasteiger partial charge in [0, 0.05) is 20.6 Å². The number of thiophene rings is 1. The van der Waals surface area contributed by atoms with Crippen molar-refractivity contribution in [2.24, 2.45) is 5.10 Å². The van der Waals surface area contributed by atoms with Crippen LogP contribution in [0.4, 0.5) is 0 Å². The number of benzene rings is 2. The van der Waals surface area contributed by atoms with Crippen LogP contribution in [0.2, 0.25) is 0 Å². The zero-order chi connectivity index (χ0) is 21.6. The Morgan fingerprint density at radius 1 is 1.16 bits per heavy atom. The maximum Gasteiger partial charge on any atom is 0.250 e. The number of rotatable bonds is 7. The first-order valence-corrected chi connectivity index (χ1v) is 12.0. The Hall–Kier alpha value is -2.75. The predicted molar refractivity (Wildman–Crippen MR) is 130 cm³/mol. The van der Waals surface area contributed by atoms with Gasteiger partial charge in [-0.2, -0.15) is 5.10 Å². The molecule has 4 aromatic rings. The van der Waals surface area contributed by atoms with Crippen LogP contribution in [0.15, 0.2) is 80.8 Å². The molecule has 2 aromatic heterocycles. The fourth-order valence-corrected chi connectivity index (χ4v) is 4.60. The van der Waals surface area contributed by atoms with Gasteiger partial charge >= 0.3 is 0 Å². The number of nitrogens with zero attached hydrogens (tertiary/aromatic N) is 4. The number of para-hydroxylation sites is 1. The first kappa shape index (κ1) is 21.5. The number of carbonyl (C=O) groups excluding carboxylic acids is 1. The number of amides is 1. The molecule has 2 heterocycles. The maximum absolute atomic E-state index is 12.3. The fraction of sp³-hybridized carbons (Fsp3) is 0.0909. The van der Waals surface area contributed by atoms with E-state index < -0.39 is 0 Å². The number of hydrazone groups is 1. The van der Waals surface area contributed by atoms with Crippen molar-refractivity contribution < 1.29 is 4.79 Å². The third kappa shape index (κ3) is 5.30. The molecule has 4 rings (SSSR count). The third-order valence-electron chi connectivity index (χ3n) is 4.36. The van der Waals surface area contributed by atoms with Crippen molar-refractivity contribution >= 4 is 51.2 Å². The van der Waals surface area contributed by atoms with Gasteiger partial charge in [0.25, 0.3) is 5.91 Å². The molecule has 0 spiro atoms. The van der Waals surface area contributed by atoms with Gasteiger partial charge < -0.3 is 0 Å². The number of hydrogen-bond donors (Lipinski definition) is 1. The summed E-state index contributed by atoms with van der Waals surface area (Å²) in [6.07, 6.45) is 1.67. The van der Waals surface area contributed by atoms with E-state index in [0.717, 1.165) is 26.2 Å². The third-order valence-corrected chi connectivity index (χ3v) is 6.77. The largest absolute Gasteiger partial charge is 0.272 e. The highest BCUT2D eigenvalue weighted by molar-refractivity contribution is 9.10. The summed E-state index contributed by atoms with van der Waals surface area (Å²) in [4.78, 5) is 13.3. The summed E-state index contributed by atoms with van der Waals surface area (Å²) in [6, 6.07) is 19.8. The Morgan fingerprint density at radius 2 is 1.94 bits per heavy atom. The fourth-order valence-electron chi connectivity index (χ4n) is 2.80. The van der Waals surface area contributed by atoms with Crippen molar-refractivity contribution in [1.82, 2.24) is 20.2 Å². The average Bonchev–Trinajstić information content (AvgIpc) is 3.39. The normalized spacial score (nSPS) is 11.2. The van der Waals surface area contributed by atoms with E-state index in [1.54, 1.807) is 17.6 Å². The number of nitrogens with one attached hydrogen (secondary N) is 1. The van der Waals surface area contributed by atoms with Gasteiger partial charge in [0.15, 0.2) is 11.0 Å². The molecule has 0 aliphatic rings. The van der Waals surface area contributed by atoms with Crippen LogP contribution in [0.3, 0.4) is 0 Å². The van der Waals surface area contributed by atoms with Crippen LogP contribution in [0.25, 0.3) is 17.1 Å². The molecule has 31 heavy (non-hydrogen) atoms. The van der Waals surface area contributed by atoms with Crippen molar-refractivity contribution in [2.45, 2.75) is 12.1 Å². The standard InChI is InChI=1S/C22H18BrN5OS2/c1-15-11-12-30-19(15)13-24-25-20(29)14-31-22-27-26-21(16-7-9-17(23)10-8-16)28(22)18-5-3-2-4-6-18/h2-13H,14H2,1H3,(H,25,29). The second-order valence-corrected chi connectivity index (χ2v) is 9.34. The lowest BCUT2D eigenvalue weighted by molar-refractivity contribution is -0.118. The summed E-state index contributed by atoms with van der Waals surface area (Å²) >= 11 is 6.36. The highest BCUT2D eigenvalue weighted by Crippen LogP contribution is 2.28. The van der Waals surface area contributed by atoms with Crippen LogP contribution >= 0.6 is 39.0 Å². The second kappa shape index (κ2) is 10.0. The SMILES string of the molecule is Cc1ccsc1C=NNC(=O)CSc1nnc(-c2ccc(Br)cc2)n1-c1ccccc1. The minimum atomic E-state index is -0.205. The van der Waals surface area contributed by atoms with E-state index in [4.69, 9.17) is 0 Å². The lowest BCUT2D eigenvalue weighted by Gasteiger charge is -2.10. The summed E-state index contributed by atoms with van der Waals surface area (Å²) < 4.78 is 2.95. The number of carbonyl (C=O) groups is 1. The van der Waals surface area contributed by atoms with Gasteiger partial charge in [0.1, 0.15) is 0 Å². The van der Waals surface area contributed by atoms with Crippen LogP contribution in [-0.4, -0.2) is 32.6 Å². The van der Waals surface area contributed by atoms with E-state index in [1.165, 1.54) is 11.8 Å².